The normalized spacial score (nSPS) is 21.3. The molecule has 0 bridgehead atoms. The van der Waals surface area contributed by atoms with Gasteiger partial charge in [-0.25, -0.2) is 4.39 Å². The van der Waals surface area contributed by atoms with Crippen molar-refractivity contribution in [1.29, 1.82) is 0 Å². The van der Waals surface area contributed by atoms with Gasteiger partial charge in [-0.05, 0) is 43.5 Å². The molecule has 0 unspecified atom stereocenters. The molecule has 0 spiro atoms. The molecule has 0 saturated carbocycles. The molecule has 2 rings (SSSR count). The second-order valence-corrected chi connectivity index (χ2v) is 5.45. The zero-order valence-electron chi connectivity index (χ0n) is 12.5. The van der Waals surface area contributed by atoms with Gasteiger partial charge in [-0.1, -0.05) is 12.1 Å². The number of nitrogens with zero attached hydrogens (tertiary/aromatic N) is 1. The molecule has 5 heteroatoms. The highest BCUT2D eigenvalue weighted by Crippen LogP contribution is 2.35. The molecule has 2 atom stereocenters. The van der Waals surface area contributed by atoms with Gasteiger partial charge in [0.25, 0.3) is 5.91 Å². The van der Waals surface area contributed by atoms with Crippen LogP contribution in [0.5, 0.6) is 5.75 Å². The van der Waals surface area contributed by atoms with Crippen LogP contribution in [0.15, 0.2) is 35.7 Å². The smallest absolute Gasteiger partial charge is 0.283 e. The summed E-state index contributed by atoms with van der Waals surface area (Å²) < 4.78 is 19.1. The summed E-state index contributed by atoms with van der Waals surface area (Å²) in [6.07, 6.45) is -0.246. The number of halogens is 1. The molecule has 1 N–H and O–H groups in total. The van der Waals surface area contributed by atoms with Crippen LogP contribution in [0.3, 0.4) is 0 Å². The number of likely N-dealkylation sites (tertiary alicyclic amines) is 1. The molecule has 1 aromatic carbocycles. The lowest BCUT2D eigenvalue weighted by Crippen LogP contribution is -2.32. The average Bonchev–Trinajstić information content (AvgIpc) is 2.87. The van der Waals surface area contributed by atoms with E-state index in [9.17, 15) is 14.3 Å². The topological polar surface area (TPSA) is 49.8 Å². The number of carbonyl (C=O) groups excluding carboxylic acids is 1. The van der Waals surface area contributed by atoms with Crippen LogP contribution in [0.2, 0.25) is 0 Å². The number of benzene rings is 1. The van der Waals surface area contributed by atoms with Gasteiger partial charge >= 0.3 is 0 Å². The van der Waals surface area contributed by atoms with Gasteiger partial charge < -0.3 is 14.7 Å². The molecule has 114 valence electrons. The summed E-state index contributed by atoms with van der Waals surface area (Å²) in [6.45, 7) is 3.25. The number of β-amino-alcohol motifs (C(OH)–C–C–N with tert-alkyl or cyclic N) is 1. The van der Waals surface area contributed by atoms with E-state index in [-0.39, 0.29) is 12.6 Å². The highest BCUT2D eigenvalue weighted by Gasteiger charge is 2.37. The molecule has 1 aliphatic heterocycles. The van der Waals surface area contributed by atoms with Crippen molar-refractivity contribution in [2.45, 2.75) is 32.4 Å². The molecule has 1 aromatic rings. The van der Waals surface area contributed by atoms with Gasteiger partial charge in [-0.3, -0.25) is 4.79 Å². The van der Waals surface area contributed by atoms with Crippen molar-refractivity contribution in [3.8, 4) is 5.75 Å². The van der Waals surface area contributed by atoms with Crippen molar-refractivity contribution < 1.29 is 19.0 Å². The third-order valence-electron chi connectivity index (χ3n) is 3.65. The fourth-order valence-electron chi connectivity index (χ4n) is 2.54. The van der Waals surface area contributed by atoms with Gasteiger partial charge in [0.1, 0.15) is 5.75 Å². The monoisotopic (exact) mass is 293 g/mol. The minimum Gasteiger partial charge on any atom is -0.497 e. The largest absolute Gasteiger partial charge is 0.497 e. The molecule has 1 aliphatic rings. The van der Waals surface area contributed by atoms with E-state index in [0.717, 1.165) is 5.56 Å². The van der Waals surface area contributed by atoms with Crippen molar-refractivity contribution in [2.24, 2.45) is 0 Å². The Morgan fingerprint density at radius 3 is 2.76 bits per heavy atom. The van der Waals surface area contributed by atoms with Crippen LogP contribution in [0.4, 0.5) is 4.39 Å². The van der Waals surface area contributed by atoms with Gasteiger partial charge in [-0.15, -0.1) is 0 Å². The molecule has 1 saturated heterocycles. The number of aliphatic hydroxyl groups excluding tert-OH is 1. The van der Waals surface area contributed by atoms with E-state index < -0.39 is 17.8 Å². The summed E-state index contributed by atoms with van der Waals surface area (Å²) in [5, 5.41) is 9.86. The number of carbonyl (C=O) groups is 1. The molecular weight excluding hydrogens is 273 g/mol. The lowest BCUT2D eigenvalue weighted by Gasteiger charge is -2.24. The molecular formula is C16H20FNO3. The first-order chi connectivity index (χ1) is 9.93. The molecule has 1 fully saturated rings. The first kappa shape index (κ1) is 15.5. The number of hydrogen-bond donors (Lipinski definition) is 1. The molecule has 1 heterocycles. The number of allylic oxidation sites excluding steroid dienone is 1. The highest BCUT2D eigenvalue weighted by molar-refractivity contribution is 5.92. The predicted molar refractivity (Wildman–Crippen MR) is 77.6 cm³/mol. The highest BCUT2D eigenvalue weighted by atomic mass is 19.1. The van der Waals surface area contributed by atoms with Crippen molar-refractivity contribution in [3.63, 3.8) is 0 Å². The molecule has 0 radical (unpaired) electrons. The first-order valence-electron chi connectivity index (χ1n) is 6.90. The van der Waals surface area contributed by atoms with Gasteiger partial charge in [0.15, 0.2) is 5.83 Å². The van der Waals surface area contributed by atoms with Crippen LogP contribution in [0, 0.1) is 0 Å². The van der Waals surface area contributed by atoms with Gasteiger partial charge in [0.05, 0.1) is 19.3 Å². The number of amides is 1. The zero-order valence-corrected chi connectivity index (χ0v) is 12.5. The third-order valence-corrected chi connectivity index (χ3v) is 3.65. The Morgan fingerprint density at radius 2 is 2.14 bits per heavy atom. The molecule has 0 aliphatic carbocycles. The van der Waals surface area contributed by atoms with Gasteiger partial charge in [0.2, 0.25) is 0 Å². The lowest BCUT2D eigenvalue weighted by molar-refractivity contribution is -0.130. The van der Waals surface area contributed by atoms with Crippen molar-refractivity contribution in [1.82, 2.24) is 4.90 Å². The molecule has 21 heavy (non-hydrogen) atoms. The maximum Gasteiger partial charge on any atom is 0.283 e. The summed E-state index contributed by atoms with van der Waals surface area (Å²) in [7, 11) is 1.56. The van der Waals surface area contributed by atoms with E-state index in [1.54, 1.807) is 27.0 Å². The Hall–Kier alpha value is -1.88. The Morgan fingerprint density at radius 1 is 1.43 bits per heavy atom. The minimum atomic E-state index is -0.753. The molecule has 0 aromatic heterocycles. The van der Waals surface area contributed by atoms with Crippen LogP contribution < -0.4 is 4.74 Å². The Kier molecular flexibility index (Phi) is 4.63. The molecule has 1 amide bonds. The van der Waals surface area contributed by atoms with Crippen LogP contribution in [-0.2, 0) is 4.79 Å². The maximum absolute atomic E-state index is 13.9. The van der Waals surface area contributed by atoms with E-state index in [4.69, 9.17) is 4.74 Å². The summed E-state index contributed by atoms with van der Waals surface area (Å²) >= 11 is 0. The van der Waals surface area contributed by atoms with Crippen molar-refractivity contribution in [2.75, 3.05) is 13.7 Å². The standard InChI is InChI=1S/C16H20FNO3/c1-10(2)15(17)16(20)18-9-12(19)8-14(18)11-5-4-6-13(7-11)21-3/h4-7,12,14,19H,8-9H2,1-3H3/t12-,14+/m0/s1. The summed E-state index contributed by atoms with van der Waals surface area (Å²) in [5.74, 6) is -0.750. The van der Waals surface area contributed by atoms with Crippen molar-refractivity contribution >= 4 is 5.91 Å². The van der Waals surface area contributed by atoms with E-state index in [2.05, 4.69) is 0 Å². The Bertz CT molecular complexity index is 566. The Balaban J connectivity index is 2.32. The van der Waals surface area contributed by atoms with Crippen LogP contribution in [0.25, 0.3) is 0 Å². The number of ether oxygens (including phenoxy) is 1. The lowest BCUT2D eigenvalue weighted by atomic mass is 10.0. The SMILES string of the molecule is COc1cccc([C@H]2C[C@H](O)CN2C(=O)C(F)=C(C)C)c1. The number of aliphatic hydroxyl groups is 1. The van der Waals surface area contributed by atoms with E-state index >= 15 is 0 Å². The van der Waals surface area contributed by atoms with Gasteiger partial charge in [-0.2, -0.15) is 0 Å². The maximum atomic E-state index is 13.9. The number of rotatable bonds is 3. The van der Waals surface area contributed by atoms with Gasteiger partial charge in [0, 0.05) is 6.54 Å². The number of methoxy groups -OCH3 is 1. The Labute approximate surface area is 123 Å². The van der Waals surface area contributed by atoms with E-state index in [1.807, 2.05) is 18.2 Å². The minimum absolute atomic E-state index is 0.140. The summed E-state index contributed by atoms with van der Waals surface area (Å²) in [4.78, 5) is 13.6. The zero-order chi connectivity index (χ0) is 15.6. The quantitative estimate of drug-likeness (QED) is 0.872. The second kappa shape index (κ2) is 6.26. The van der Waals surface area contributed by atoms with E-state index in [0.29, 0.717) is 17.7 Å². The number of hydrogen-bond acceptors (Lipinski definition) is 3. The first-order valence-corrected chi connectivity index (χ1v) is 6.90. The fraction of sp³-hybridized carbons (Fsp3) is 0.438. The summed E-state index contributed by atoms with van der Waals surface area (Å²) in [6, 6.07) is 6.94. The van der Waals surface area contributed by atoms with Crippen LogP contribution in [-0.4, -0.2) is 35.7 Å². The van der Waals surface area contributed by atoms with Crippen molar-refractivity contribution in [3.05, 3.63) is 41.2 Å². The van der Waals surface area contributed by atoms with Crippen LogP contribution >= 0.6 is 0 Å². The summed E-state index contributed by atoms with van der Waals surface area (Å²) in [5.41, 5.74) is 1.17. The fourth-order valence-corrected chi connectivity index (χ4v) is 2.54. The van der Waals surface area contributed by atoms with E-state index in [1.165, 1.54) is 4.90 Å². The predicted octanol–water partition coefficient (Wildman–Crippen LogP) is 2.59. The second-order valence-electron chi connectivity index (χ2n) is 5.45. The third kappa shape index (κ3) is 3.24. The van der Waals surface area contributed by atoms with Crippen LogP contribution in [0.1, 0.15) is 31.9 Å². The average molecular weight is 293 g/mol. The molecule has 4 nitrogen and oxygen atoms in total.